The van der Waals surface area contributed by atoms with Gasteiger partial charge in [-0.3, -0.25) is 5.10 Å². The molecule has 6 nitrogen and oxygen atoms in total. The summed E-state index contributed by atoms with van der Waals surface area (Å²) in [7, 11) is 2.00. The number of allylic oxidation sites excluding steroid dienone is 2. The highest BCUT2D eigenvalue weighted by Crippen LogP contribution is 2.29. The Bertz CT molecular complexity index is 1630. The summed E-state index contributed by atoms with van der Waals surface area (Å²) in [6, 6.07) is 12.3. The number of hydrogen-bond donors (Lipinski definition) is 2. The third-order valence-electron chi connectivity index (χ3n) is 5.90. The van der Waals surface area contributed by atoms with E-state index in [0.717, 1.165) is 49.8 Å². The quantitative estimate of drug-likeness (QED) is 0.444. The topological polar surface area (TPSA) is 75.2 Å². The second-order valence-corrected chi connectivity index (χ2v) is 8.03. The number of fused-ring (bicyclic) bond motifs is 1. The van der Waals surface area contributed by atoms with Crippen LogP contribution in [-0.4, -0.2) is 29.7 Å². The highest BCUT2D eigenvalue weighted by Gasteiger charge is 2.13. The molecule has 0 fully saturated rings. The van der Waals surface area contributed by atoms with Crippen LogP contribution in [0.3, 0.4) is 0 Å². The number of hydrogen-bond acceptors (Lipinski definition) is 3. The molecule has 3 aromatic heterocycles. The molecule has 0 saturated heterocycles. The lowest BCUT2D eigenvalue weighted by Gasteiger charge is -2.02. The molecule has 2 N–H and O–H groups in total. The number of nitrogens with zero attached hydrogens (tertiary/aromatic N) is 4. The van der Waals surface area contributed by atoms with E-state index in [0.29, 0.717) is 11.5 Å². The van der Waals surface area contributed by atoms with Gasteiger partial charge in [0.05, 0.1) is 28.3 Å². The summed E-state index contributed by atoms with van der Waals surface area (Å²) >= 11 is 0. The van der Waals surface area contributed by atoms with Crippen molar-refractivity contribution in [3.8, 4) is 22.6 Å². The molecule has 0 atom stereocenters. The van der Waals surface area contributed by atoms with Crippen LogP contribution in [0.4, 0.5) is 4.39 Å². The van der Waals surface area contributed by atoms with E-state index in [1.165, 1.54) is 12.1 Å². The number of halogens is 1. The van der Waals surface area contributed by atoms with Crippen molar-refractivity contribution >= 4 is 29.3 Å². The Hall–Kier alpha value is -4.26. The maximum atomic E-state index is 13.8. The summed E-state index contributed by atoms with van der Waals surface area (Å²) in [5.41, 5.74) is 6.01. The minimum absolute atomic E-state index is 0.280. The third-order valence-corrected chi connectivity index (χ3v) is 5.90. The SMILES string of the molecule is C=c1c(-c2nc3c(-c4cccc(F)c4)cccc3[nH]2)n[nH]/c1=C/C=C(\C)c1cnc(C)n1C. The van der Waals surface area contributed by atoms with E-state index in [4.69, 9.17) is 4.98 Å². The van der Waals surface area contributed by atoms with Gasteiger partial charge in [-0.05, 0) is 49.3 Å². The van der Waals surface area contributed by atoms with Crippen LogP contribution in [0.15, 0.2) is 54.7 Å². The second kappa shape index (κ2) is 8.02. The molecule has 0 radical (unpaired) electrons. The third kappa shape index (κ3) is 3.67. The molecule has 5 rings (SSSR count). The molecular weight excluding hydrogens is 415 g/mol. The zero-order chi connectivity index (χ0) is 23.1. The molecule has 164 valence electrons. The molecule has 33 heavy (non-hydrogen) atoms. The summed E-state index contributed by atoms with van der Waals surface area (Å²) in [5, 5.41) is 9.05. The average Bonchev–Trinajstić information content (AvgIpc) is 3.49. The summed E-state index contributed by atoms with van der Waals surface area (Å²) in [6.07, 6.45) is 5.84. The Morgan fingerprint density at radius 1 is 1.18 bits per heavy atom. The van der Waals surface area contributed by atoms with Crippen molar-refractivity contribution in [1.82, 2.24) is 29.7 Å². The normalized spacial score (nSPS) is 12.7. The molecule has 3 heterocycles. The van der Waals surface area contributed by atoms with Gasteiger partial charge in [-0.1, -0.05) is 36.9 Å². The minimum atomic E-state index is -0.280. The number of rotatable bonds is 4. The van der Waals surface area contributed by atoms with Crippen molar-refractivity contribution in [2.75, 3.05) is 0 Å². The van der Waals surface area contributed by atoms with Gasteiger partial charge < -0.3 is 9.55 Å². The molecule has 5 aromatic rings. The van der Waals surface area contributed by atoms with E-state index < -0.39 is 0 Å². The maximum absolute atomic E-state index is 13.8. The van der Waals surface area contributed by atoms with Crippen LogP contribution in [0, 0.1) is 12.7 Å². The van der Waals surface area contributed by atoms with E-state index in [9.17, 15) is 4.39 Å². The predicted octanol–water partition coefficient (Wildman–Crippen LogP) is 4.10. The van der Waals surface area contributed by atoms with Gasteiger partial charge in [0.25, 0.3) is 0 Å². The number of nitrogens with one attached hydrogen (secondary N) is 2. The zero-order valence-corrected chi connectivity index (χ0v) is 18.6. The lowest BCUT2D eigenvalue weighted by Crippen LogP contribution is -2.21. The Morgan fingerprint density at radius 3 is 2.76 bits per heavy atom. The highest BCUT2D eigenvalue weighted by molar-refractivity contribution is 5.93. The molecule has 0 aliphatic carbocycles. The summed E-state index contributed by atoms with van der Waals surface area (Å²) in [6.45, 7) is 8.23. The van der Waals surface area contributed by atoms with Gasteiger partial charge >= 0.3 is 0 Å². The number of aryl methyl sites for hydroxylation is 1. The largest absolute Gasteiger partial charge is 0.337 e. The summed E-state index contributed by atoms with van der Waals surface area (Å²) < 4.78 is 15.8. The van der Waals surface area contributed by atoms with Crippen LogP contribution in [0.2, 0.25) is 0 Å². The molecule has 0 aliphatic heterocycles. The monoisotopic (exact) mass is 438 g/mol. The number of benzene rings is 2. The van der Waals surface area contributed by atoms with Gasteiger partial charge in [0.2, 0.25) is 0 Å². The fourth-order valence-corrected chi connectivity index (χ4v) is 3.91. The minimum Gasteiger partial charge on any atom is -0.337 e. The molecule has 0 aliphatic rings. The number of imidazole rings is 2. The first-order valence-corrected chi connectivity index (χ1v) is 10.6. The van der Waals surface area contributed by atoms with Crippen LogP contribution < -0.4 is 10.6 Å². The van der Waals surface area contributed by atoms with Crippen molar-refractivity contribution in [1.29, 1.82) is 0 Å². The van der Waals surface area contributed by atoms with E-state index in [2.05, 4.69) is 26.7 Å². The highest BCUT2D eigenvalue weighted by atomic mass is 19.1. The zero-order valence-electron chi connectivity index (χ0n) is 18.6. The Balaban J connectivity index is 1.55. The van der Waals surface area contributed by atoms with Crippen LogP contribution in [0.1, 0.15) is 18.4 Å². The number of aromatic amines is 2. The van der Waals surface area contributed by atoms with Gasteiger partial charge in [0.15, 0.2) is 5.82 Å². The molecule has 0 saturated carbocycles. The molecular formula is C26H23FN6. The Morgan fingerprint density at radius 2 is 2.00 bits per heavy atom. The summed E-state index contributed by atoms with van der Waals surface area (Å²) in [5.74, 6) is 1.29. The molecule has 7 heteroatoms. The van der Waals surface area contributed by atoms with Crippen LogP contribution in [0.5, 0.6) is 0 Å². The van der Waals surface area contributed by atoms with Crippen molar-refractivity contribution in [3.05, 3.63) is 82.6 Å². The number of para-hydroxylation sites is 1. The van der Waals surface area contributed by atoms with Gasteiger partial charge in [0.1, 0.15) is 17.3 Å². The van der Waals surface area contributed by atoms with Gasteiger partial charge in [-0.15, -0.1) is 0 Å². The van der Waals surface area contributed by atoms with Crippen molar-refractivity contribution < 1.29 is 4.39 Å². The number of H-pyrrole nitrogens is 2. The fourth-order valence-electron chi connectivity index (χ4n) is 3.91. The van der Waals surface area contributed by atoms with Crippen LogP contribution in [0.25, 0.3) is 51.9 Å². The Labute approximate surface area is 189 Å². The van der Waals surface area contributed by atoms with E-state index in [1.54, 1.807) is 6.07 Å². The molecule has 0 bridgehead atoms. The maximum Gasteiger partial charge on any atom is 0.159 e. The van der Waals surface area contributed by atoms with Crippen molar-refractivity contribution in [2.45, 2.75) is 13.8 Å². The van der Waals surface area contributed by atoms with E-state index in [1.807, 2.05) is 68.1 Å². The molecule has 2 aromatic carbocycles. The lowest BCUT2D eigenvalue weighted by molar-refractivity contribution is 0.628. The molecule has 0 spiro atoms. The van der Waals surface area contributed by atoms with E-state index in [-0.39, 0.29) is 5.82 Å². The fraction of sp³-hybridized carbons (Fsp3) is 0.115. The van der Waals surface area contributed by atoms with Gasteiger partial charge in [-0.2, -0.15) is 5.10 Å². The van der Waals surface area contributed by atoms with Gasteiger partial charge in [0, 0.05) is 17.8 Å². The predicted molar refractivity (Wildman–Crippen MR) is 130 cm³/mol. The number of aromatic nitrogens is 6. The second-order valence-electron chi connectivity index (χ2n) is 8.03. The first-order valence-electron chi connectivity index (χ1n) is 10.6. The standard InChI is InChI=1S/C26H23FN6/c1-15(23-14-28-17(3)33(23)4)11-12-21-16(2)24(32-31-21)26-29-22-10-6-9-20(25(22)30-26)18-7-5-8-19(27)13-18/h5-14,31H,2H2,1,3-4H3,(H,29,30)/b15-11+,21-12+. The van der Waals surface area contributed by atoms with Crippen LogP contribution in [-0.2, 0) is 7.05 Å². The first kappa shape index (κ1) is 20.6. The molecule has 0 amide bonds. The van der Waals surface area contributed by atoms with Crippen molar-refractivity contribution in [3.63, 3.8) is 0 Å². The van der Waals surface area contributed by atoms with E-state index >= 15 is 0 Å². The van der Waals surface area contributed by atoms with Crippen LogP contribution >= 0.6 is 0 Å². The van der Waals surface area contributed by atoms with Crippen molar-refractivity contribution in [2.24, 2.45) is 7.05 Å². The average molecular weight is 439 g/mol. The summed E-state index contributed by atoms with van der Waals surface area (Å²) in [4.78, 5) is 12.5. The smallest absolute Gasteiger partial charge is 0.159 e. The molecule has 0 unspecified atom stereocenters. The first-order chi connectivity index (χ1) is 15.9. The van der Waals surface area contributed by atoms with Gasteiger partial charge in [-0.25, -0.2) is 14.4 Å². The lowest BCUT2D eigenvalue weighted by atomic mass is 10.0. The Kier molecular flexibility index (Phi) is 5.01.